The SMILES string of the molecule is COC(=O)c1ccc(CN2C(=O)S/C(=C/c3cn(Cc4cccc([N+](=O)[O-])c4)c4ccccc34)C2=O)o1. The van der Waals surface area contributed by atoms with Crippen LogP contribution in [0.25, 0.3) is 17.0 Å². The van der Waals surface area contributed by atoms with Crippen LogP contribution < -0.4 is 0 Å². The average Bonchev–Trinajstić information content (AvgIpc) is 3.58. The highest BCUT2D eigenvalue weighted by molar-refractivity contribution is 8.18. The number of amides is 2. The van der Waals surface area contributed by atoms with Gasteiger partial charge in [0.05, 0.1) is 23.5 Å². The van der Waals surface area contributed by atoms with E-state index in [4.69, 9.17) is 4.42 Å². The fourth-order valence-electron chi connectivity index (χ4n) is 4.09. The van der Waals surface area contributed by atoms with Crippen LogP contribution in [0.15, 0.2) is 76.2 Å². The van der Waals surface area contributed by atoms with Crippen LogP contribution in [0.3, 0.4) is 0 Å². The number of non-ortho nitro benzene ring substituents is 1. The summed E-state index contributed by atoms with van der Waals surface area (Å²) in [6.45, 7) is 0.270. The van der Waals surface area contributed by atoms with Gasteiger partial charge in [-0.1, -0.05) is 30.3 Å². The summed E-state index contributed by atoms with van der Waals surface area (Å²) < 4.78 is 12.0. The summed E-state index contributed by atoms with van der Waals surface area (Å²) in [7, 11) is 1.23. The monoisotopic (exact) mass is 517 g/mol. The van der Waals surface area contributed by atoms with E-state index in [-0.39, 0.29) is 28.7 Å². The molecule has 2 aromatic carbocycles. The summed E-state index contributed by atoms with van der Waals surface area (Å²) in [5.74, 6) is -0.864. The van der Waals surface area contributed by atoms with Gasteiger partial charge in [-0.2, -0.15) is 0 Å². The second-order valence-corrected chi connectivity index (χ2v) is 9.18. The lowest BCUT2D eigenvalue weighted by Gasteiger charge is -2.09. The minimum atomic E-state index is -0.651. The number of rotatable bonds is 7. The maximum absolute atomic E-state index is 13.1. The van der Waals surface area contributed by atoms with Crippen LogP contribution in [0.2, 0.25) is 0 Å². The Morgan fingerprint density at radius 2 is 1.92 bits per heavy atom. The summed E-state index contributed by atoms with van der Waals surface area (Å²) in [5, 5.41) is 11.6. The molecule has 0 radical (unpaired) electrons. The quantitative estimate of drug-likeness (QED) is 0.142. The van der Waals surface area contributed by atoms with Crippen LogP contribution in [0, 0.1) is 10.1 Å². The maximum Gasteiger partial charge on any atom is 0.373 e. The summed E-state index contributed by atoms with van der Waals surface area (Å²) in [5.41, 5.74) is 2.38. The first-order valence-electron chi connectivity index (χ1n) is 11.1. The number of hydrogen-bond acceptors (Lipinski definition) is 8. The van der Waals surface area contributed by atoms with E-state index in [9.17, 15) is 24.5 Å². The Hall–Kier alpha value is -4.64. The molecule has 1 saturated heterocycles. The first-order valence-corrected chi connectivity index (χ1v) is 11.9. The molecule has 37 heavy (non-hydrogen) atoms. The lowest BCUT2D eigenvalue weighted by molar-refractivity contribution is -0.384. The molecule has 2 aromatic heterocycles. The van der Waals surface area contributed by atoms with Crippen LogP contribution in [0.1, 0.15) is 27.4 Å². The van der Waals surface area contributed by atoms with Gasteiger partial charge in [0.1, 0.15) is 5.76 Å². The van der Waals surface area contributed by atoms with Crippen molar-refractivity contribution >= 4 is 51.5 Å². The Bertz CT molecular complexity index is 1600. The molecule has 0 spiro atoms. The van der Waals surface area contributed by atoms with Gasteiger partial charge in [0.25, 0.3) is 16.8 Å². The van der Waals surface area contributed by atoms with E-state index in [1.165, 1.54) is 31.4 Å². The van der Waals surface area contributed by atoms with Crippen LogP contribution in [-0.2, 0) is 22.6 Å². The third-order valence-electron chi connectivity index (χ3n) is 5.82. The molecule has 0 aliphatic carbocycles. The first-order chi connectivity index (χ1) is 17.8. The number of carbonyl (C=O) groups excluding carboxylic acids is 3. The number of fused-ring (bicyclic) bond motifs is 1. The Morgan fingerprint density at radius 1 is 1.11 bits per heavy atom. The lowest BCUT2D eigenvalue weighted by atomic mass is 10.1. The number of nitro groups is 1. The van der Waals surface area contributed by atoms with Crippen LogP contribution in [-0.4, -0.2) is 38.6 Å². The largest absolute Gasteiger partial charge is 0.463 e. The van der Waals surface area contributed by atoms with Crippen molar-refractivity contribution in [2.24, 2.45) is 0 Å². The number of para-hydroxylation sites is 1. The number of hydrogen-bond donors (Lipinski definition) is 0. The number of nitrogens with zero attached hydrogens (tertiary/aromatic N) is 3. The molecule has 0 unspecified atom stereocenters. The number of carbonyl (C=O) groups is 3. The van der Waals surface area contributed by atoms with Gasteiger partial charge in [0, 0.05) is 41.3 Å². The van der Waals surface area contributed by atoms with Crippen molar-refractivity contribution < 1.29 is 28.5 Å². The molecule has 1 aliphatic heterocycles. The zero-order chi connectivity index (χ0) is 26.1. The van der Waals surface area contributed by atoms with Crippen molar-refractivity contribution in [1.82, 2.24) is 9.47 Å². The van der Waals surface area contributed by atoms with Gasteiger partial charge < -0.3 is 13.7 Å². The minimum absolute atomic E-state index is 0.0122. The molecule has 1 fully saturated rings. The number of thioether (sulfide) groups is 1. The molecule has 4 aromatic rings. The smallest absolute Gasteiger partial charge is 0.373 e. The highest BCUT2D eigenvalue weighted by Crippen LogP contribution is 2.35. The molecule has 0 saturated carbocycles. The lowest BCUT2D eigenvalue weighted by Crippen LogP contribution is -2.27. The highest BCUT2D eigenvalue weighted by Gasteiger charge is 2.36. The van der Waals surface area contributed by atoms with Gasteiger partial charge in [-0.25, -0.2) is 4.79 Å². The number of methoxy groups -OCH3 is 1. The van der Waals surface area contributed by atoms with E-state index in [2.05, 4.69) is 4.74 Å². The second kappa shape index (κ2) is 9.78. The zero-order valence-electron chi connectivity index (χ0n) is 19.5. The predicted octanol–water partition coefficient (Wildman–Crippen LogP) is 5.21. The van der Waals surface area contributed by atoms with Crippen molar-refractivity contribution in [3.05, 3.63) is 105 Å². The fraction of sp³-hybridized carbons (Fsp3) is 0.115. The van der Waals surface area contributed by atoms with Crippen molar-refractivity contribution in [2.45, 2.75) is 13.1 Å². The topological polar surface area (TPSA) is 125 Å². The molecule has 11 heteroatoms. The molecule has 0 N–H and O–H groups in total. The first kappa shape index (κ1) is 24.1. The van der Waals surface area contributed by atoms with Crippen LogP contribution in [0.4, 0.5) is 10.5 Å². The maximum atomic E-state index is 13.1. The second-order valence-electron chi connectivity index (χ2n) is 8.18. The third kappa shape index (κ3) is 4.76. The number of esters is 1. The normalized spacial score (nSPS) is 14.6. The Kier molecular flexibility index (Phi) is 6.36. The van der Waals surface area contributed by atoms with Gasteiger partial charge in [-0.3, -0.25) is 24.6 Å². The molecule has 3 heterocycles. The average molecular weight is 518 g/mol. The number of ether oxygens (including phenoxy) is 1. The van der Waals surface area contributed by atoms with E-state index in [0.29, 0.717) is 6.54 Å². The van der Waals surface area contributed by atoms with Gasteiger partial charge in [-0.15, -0.1) is 0 Å². The van der Waals surface area contributed by atoms with Gasteiger partial charge >= 0.3 is 5.97 Å². The molecule has 186 valence electrons. The molecule has 1 aliphatic rings. The van der Waals surface area contributed by atoms with Gasteiger partial charge in [0.2, 0.25) is 5.76 Å². The van der Waals surface area contributed by atoms with Gasteiger partial charge in [-0.05, 0) is 41.6 Å². The summed E-state index contributed by atoms with van der Waals surface area (Å²) in [6, 6.07) is 17.0. The highest BCUT2D eigenvalue weighted by atomic mass is 32.2. The van der Waals surface area contributed by atoms with E-state index >= 15 is 0 Å². The van der Waals surface area contributed by atoms with Gasteiger partial charge in [0.15, 0.2) is 0 Å². The summed E-state index contributed by atoms with van der Waals surface area (Å²) in [4.78, 5) is 49.3. The fourth-order valence-corrected chi connectivity index (χ4v) is 4.92. The molecule has 0 bridgehead atoms. The molecular formula is C26H19N3O7S. The molecule has 10 nitrogen and oxygen atoms in total. The third-order valence-corrected chi connectivity index (χ3v) is 6.72. The zero-order valence-corrected chi connectivity index (χ0v) is 20.3. The summed E-state index contributed by atoms with van der Waals surface area (Å²) >= 11 is 0.821. The Labute approximate surface area is 214 Å². The summed E-state index contributed by atoms with van der Waals surface area (Å²) in [6.07, 6.45) is 3.52. The van der Waals surface area contributed by atoms with Crippen molar-refractivity contribution in [2.75, 3.05) is 7.11 Å². The number of benzene rings is 2. The molecule has 5 rings (SSSR count). The number of nitro benzene ring substituents is 1. The molecular weight excluding hydrogens is 498 g/mol. The molecule has 2 amide bonds. The number of aromatic nitrogens is 1. The van der Waals surface area contributed by atoms with E-state index < -0.39 is 22.0 Å². The predicted molar refractivity (Wildman–Crippen MR) is 136 cm³/mol. The Balaban J connectivity index is 1.42. The van der Waals surface area contributed by atoms with Crippen molar-refractivity contribution in [1.29, 1.82) is 0 Å². The minimum Gasteiger partial charge on any atom is -0.463 e. The van der Waals surface area contributed by atoms with E-state index in [1.54, 1.807) is 12.1 Å². The number of furan rings is 1. The standard InChI is InChI=1S/C26H19N3O7S/c1-35-25(31)22-10-9-19(36-22)15-28-24(30)23(37-26(28)32)12-17-14-27(21-8-3-2-7-20(17)21)13-16-5-4-6-18(11-16)29(33)34/h2-12,14H,13,15H2,1H3/b23-12+. The molecule has 0 atom stereocenters. The Morgan fingerprint density at radius 3 is 2.70 bits per heavy atom. The van der Waals surface area contributed by atoms with E-state index in [0.717, 1.165) is 38.7 Å². The number of imide groups is 1. The van der Waals surface area contributed by atoms with Crippen molar-refractivity contribution in [3.8, 4) is 0 Å². The van der Waals surface area contributed by atoms with Crippen LogP contribution >= 0.6 is 11.8 Å². The van der Waals surface area contributed by atoms with E-state index in [1.807, 2.05) is 41.1 Å². The van der Waals surface area contributed by atoms with Crippen LogP contribution in [0.5, 0.6) is 0 Å². The van der Waals surface area contributed by atoms with Crippen molar-refractivity contribution in [3.63, 3.8) is 0 Å².